The van der Waals surface area contributed by atoms with Gasteiger partial charge in [0.1, 0.15) is 11.5 Å². The maximum atomic E-state index is 13.5. The zero-order chi connectivity index (χ0) is 16.0. The molecule has 0 aliphatic carbocycles. The molecule has 1 rings (SSSR count). The summed E-state index contributed by atoms with van der Waals surface area (Å²) in [5.74, 6) is -2.59. The number of carbonyl (C=O) groups is 1. The Bertz CT molecular complexity index is 532. The summed E-state index contributed by atoms with van der Waals surface area (Å²) in [4.78, 5) is 23.1. The molecule has 0 fully saturated rings. The van der Waals surface area contributed by atoms with Gasteiger partial charge in [0.25, 0.3) is 5.69 Å². The Morgan fingerprint density at radius 2 is 2.05 bits per heavy atom. The van der Waals surface area contributed by atoms with Gasteiger partial charge in [-0.2, -0.15) is 0 Å². The number of aromatic carboxylic acids is 1. The number of benzene rings is 1. The highest BCUT2D eigenvalue weighted by atomic mass is 19.1. The van der Waals surface area contributed by atoms with Crippen LogP contribution in [0.5, 0.6) is 0 Å². The van der Waals surface area contributed by atoms with Crippen LogP contribution in [0.1, 0.15) is 24.2 Å². The summed E-state index contributed by atoms with van der Waals surface area (Å²) in [7, 11) is 0. The average molecular weight is 299 g/mol. The Labute approximate surface area is 121 Å². The van der Waals surface area contributed by atoms with E-state index in [1.54, 1.807) is 0 Å². The standard InChI is InChI=1S/C13H18FN3O4/c1-3-16(4-2)6-5-15-11-7-9(13(18)19)10(14)8-12(11)17(20)21/h7-8,15H,3-6H2,1-2H3,(H,18,19). The number of rotatable bonds is 8. The predicted octanol–water partition coefficient (Wildman–Crippen LogP) is 2.19. The number of carboxylic acid groups (broad SMARTS) is 1. The Kier molecular flexibility index (Phi) is 6.04. The van der Waals surface area contributed by atoms with Crippen LogP contribution in [0.15, 0.2) is 12.1 Å². The summed E-state index contributed by atoms with van der Waals surface area (Å²) in [6, 6.07) is 1.58. The summed E-state index contributed by atoms with van der Waals surface area (Å²) in [6.45, 7) is 6.70. The molecule has 0 aliphatic heterocycles. The number of nitro groups is 1. The normalized spacial score (nSPS) is 10.7. The smallest absolute Gasteiger partial charge is 0.338 e. The van der Waals surface area contributed by atoms with E-state index >= 15 is 0 Å². The first-order valence-corrected chi connectivity index (χ1v) is 6.58. The molecule has 116 valence electrons. The van der Waals surface area contributed by atoms with Gasteiger partial charge in [-0.3, -0.25) is 10.1 Å². The fourth-order valence-electron chi connectivity index (χ4n) is 1.91. The third-order valence-corrected chi connectivity index (χ3v) is 3.15. The Morgan fingerprint density at radius 1 is 1.43 bits per heavy atom. The SMILES string of the molecule is CCN(CC)CCNc1cc(C(=O)O)c(F)cc1[N+](=O)[O-]. The molecule has 8 heteroatoms. The van der Waals surface area contributed by atoms with Crippen molar-refractivity contribution in [2.75, 3.05) is 31.5 Å². The molecule has 0 unspecified atom stereocenters. The first-order chi connectivity index (χ1) is 9.90. The van der Waals surface area contributed by atoms with Crippen LogP contribution in [0.3, 0.4) is 0 Å². The number of halogens is 1. The number of carboxylic acids is 1. The van der Waals surface area contributed by atoms with E-state index in [-0.39, 0.29) is 5.69 Å². The summed E-state index contributed by atoms with van der Waals surface area (Å²) in [5.41, 5.74) is -1.06. The van der Waals surface area contributed by atoms with E-state index in [4.69, 9.17) is 5.11 Å². The summed E-state index contributed by atoms with van der Waals surface area (Å²) >= 11 is 0. The molecular weight excluding hydrogens is 281 g/mol. The van der Waals surface area contributed by atoms with E-state index in [1.165, 1.54) is 0 Å². The molecule has 0 saturated carbocycles. The van der Waals surface area contributed by atoms with Gasteiger partial charge in [0.2, 0.25) is 0 Å². The van der Waals surface area contributed by atoms with Gasteiger partial charge in [0.05, 0.1) is 16.6 Å². The topological polar surface area (TPSA) is 95.7 Å². The molecule has 0 atom stereocenters. The van der Waals surface area contributed by atoms with Gasteiger partial charge in [0.15, 0.2) is 0 Å². The van der Waals surface area contributed by atoms with E-state index in [2.05, 4.69) is 10.2 Å². The largest absolute Gasteiger partial charge is 0.478 e. The number of nitro benzene ring substituents is 1. The highest BCUT2D eigenvalue weighted by Gasteiger charge is 2.21. The second kappa shape index (κ2) is 7.53. The highest BCUT2D eigenvalue weighted by molar-refractivity contribution is 5.90. The lowest BCUT2D eigenvalue weighted by Crippen LogP contribution is -2.28. The molecule has 0 heterocycles. The van der Waals surface area contributed by atoms with Crippen molar-refractivity contribution in [3.63, 3.8) is 0 Å². The van der Waals surface area contributed by atoms with E-state index in [9.17, 15) is 19.3 Å². The molecule has 0 radical (unpaired) electrons. The van der Waals surface area contributed by atoms with Gasteiger partial charge in [-0.1, -0.05) is 13.8 Å². The quantitative estimate of drug-likeness (QED) is 0.564. The summed E-state index contributed by atoms with van der Waals surface area (Å²) < 4.78 is 13.5. The van der Waals surface area contributed by atoms with Crippen molar-refractivity contribution in [3.05, 3.63) is 33.6 Å². The highest BCUT2D eigenvalue weighted by Crippen LogP contribution is 2.27. The van der Waals surface area contributed by atoms with Crippen LogP contribution in [0.25, 0.3) is 0 Å². The minimum Gasteiger partial charge on any atom is -0.478 e. The van der Waals surface area contributed by atoms with Crippen molar-refractivity contribution >= 4 is 17.3 Å². The van der Waals surface area contributed by atoms with Crippen LogP contribution >= 0.6 is 0 Å². The second-order valence-electron chi connectivity index (χ2n) is 4.37. The minimum absolute atomic E-state index is 0.00551. The van der Waals surface area contributed by atoms with Crippen molar-refractivity contribution < 1.29 is 19.2 Å². The zero-order valence-electron chi connectivity index (χ0n) is 11.9. The van der Waals surface area contributed by atoms with Gasteiger partial charge in [-0.05, 0) is 19.2 Å². The molecule has 0 spiro atoms. The van der Waals surface area contributed by atoms with Crippen molar-refractivity contribution in [1.82, 2.24) is 4.90 Å². The molecule has 2 N–H and O–H groups in total. The number of anilines is 1. The minimum atomic E-state index is -1.46. The number of nitrogens with zero attached hydrogens (tertiary/aromatic N) is 2. The van der Waals surface area contributed by atoms with Gasteiger partial charge >= 0.3 is 5.97 Å². The molecule has 0 bridgehead atoms. The third-order valence-electron chi connectivity index (χ3n) is 3.15. The van der Waals surface area contributed by atoms with Gasteiger partial charge < -0.3 is 15.3 Å². The molecule has 21 heavy (non-hydrogen) atoms. The van der Waals surface area contributed by atoms with Crippen LogP contribution < -0.4 is 5.32 Å². The number of likely N-dealkylation sites (N-methyl/N-ethyl adjacent to an activating group) is 1. The molecular formula is C13H18FN3O4. The Hall–Kier alpha value is -2.22. The maximum Gasteiger partial charge on any atom is 0.338 e. The lowest BCUT2D eigenvalue weighted by Gasteiger charge is -2.18. The number of hydrogen-bond donors (Lipinski definition) is 2. The third kappa shape index (κ3) is 4.38. The fourth-order valence-corrected chi connectivity index (χ4v) is 1.91. The first kappa shape index (κ1) is 16.8. The Morgan fingerprint density at radius 3 is 2.52 bits per heavy atom. The average Bonchev–Trinajstić information content (AvgIpc) is 2.44. The maximum absolute atomic E-state index is 13.5. The van der Waals surface area contributed by atoms with Crippen LogP contribution in [0.4, 0.5) is 15.8 Å². The van der Waals surface area contributed by atoms with E-state index in [0.717, 1.165) is 19.2 Å². The molecule has 0 aromatic heterocycles. The summed E-state index contributed by atoms with van der Waals surface area (Å²) in [6.07, 6.45) is 0. The molecule has 1 aromatic carbocycles. The van der Waals surface area contributed by atoms with Crippen molar-refractivity contribution in [2.45, 2.75) is 13.8 Å². The van der Waals surface area contributed by atoms with Gasteiger partial charge in [0, 0.05) is 13.1 Å². The molecule has 0 aliphatic rings. The van der Waals surface area contributed by atoms with Crippen LogP contribution in [-0.4, -0.2) is 47.1 Å². The van der Waals surface area contributed by atoms with Gasteiger partial charge in [-0.25, -0.2) is 9.18 Å². The zero-order valence-corrected chi connectivity index (χ0v) is 11.9. The van der Waals surface area contributed by atoms with Crippen molar-refractivity contribution in [2.24, 2.45) is 0 Å². The Balaban J connectivity index is 2.95. The number of nitrogens with one attached hydrogen (secondary N) is 1. The number of hydrogen-bond acceptors (Lipinski definition) is 5. The predicted molar refractivity (Wildman–Crippen MR) is 76.3 cm³/mol. The van der Waals surface area contributed by atoms with Crippen molar-refractivity contribution in [3.8, 4) is 0 Å². The molecule has 1 aromatic rings. The fraction of sp³-hybridized carbons (Fsp3) is 0.462. The van der Waals surface area contributed by atoms with E-state index in [0.29, 0.717) is 19.2 Å². The molecule has 7 nitrogen and oxygen atoms in total. The molecule has 0 saturated heterocycles. The monoisotopic (exact) mass is 299 g/mol. The summed E-state index contributed by atoms with van der Waals surface area (Å²) in [5, 5.41) is 22.6. The van der Waals surface area contributed by atoms with Crippen LogP contribution in [-0.2, 0) is 0 Å². The lowest BCUT2D eigenvalue weighted by molar-refractivity contribution is -0.384. The van der Waals surface area contributed by atoms with E-state index in [1.807, 2.05) is 13.8 Å². The van der Waals surface area contributed by atoms with Crippen LogP contribution in [0.2, 0.25) is 0 Å². The van der Waals surface area contributed by atoms with Crippen molar-refractivity contribution in [1.29, 1.82) is 0 Å². The first-order valence-electron chi connectivity index (χ1n) is 6.58. The van der Waals surface area contributed by atoms with Gasteiger partial charge in [-0.15, -0.1) is 0 Å². The van der Waals surface area contributed by atoms with Crippen LogP contribution in [0, 0.1) is 15.9 Å². The lowest BCUT2D eigenvalue weighted by atomic mass is 10.1. The molecule has 0 amide bonds. The van der Waals surface area contributed by atoms with E-state index < -0.39 is 28.0 Å². The second-order valence-corrected chi connectivity index (χ2v) is 4.37.